The number of benzene rings is 2. The van der Waals surface area contributed by atoms with Crippen molar-refractivity contribution < 1.29 is 0 Å². The van der Waals surface area contributed by atoms with E-state index in [0.717, 1.165) is 6.54 Å². The van der Waals surface area contributed by atoms with Crippen molar-refractivity contribution in [2.75, 3.05) is 20.1 Å². The maximum atomic E-state index is 2.46. The van der Waals surface area contributed by atoms with Crippen LogP contribution in [0.1, 0.15) is 24.0 Å². The zero-order valence-electron chi connectivity index (χ0n) is 11.5. The summed E-state index contributed by atoms with van der Waals surface area (Å²) in [6.07, 6.45) is 2.51. The van der Waals surface area contributed by atoms with Gasteiger partial charge in [-0.15, -0.1) is 0 Å². The molecular formula is C18H21N. The quantitative estimate of drug-likeness (QED) is 0.786. The highest BCUT2D eigenvalue weighted by molar-refractivity contribution is 5.40. The molecule has 19 heavy (non-hydrogen) atoms. The van der Waals surface area contributed by atoms with E-state index >= 15 is 0 Å². The van der Waals surface area contributed by atoms with Crippen molar-refractivity contribution in [3.63, 3.8) is 0 Å². The van der Waals surface area contributed by atoms with Gasteiger partial charge in [-0.25, -0.2) is 0 Å². The average molecular weight is 251 g/mol. The molecule has 0 bridgehead atoms. The lowest BCUT2D eigenvalue weighted by atomic mass is 9.69. The van der Waals surface area contributed by atoms with E-state index in [9.17, 15) is 0 Å². The largest absolute Gasteiger partial charge is 0.305 e. The zero-order chi connectivity index (χ0) is 13.1. The Morgan fingerprint density at radius 3 is 1.84 bits per heavy atom. The third-order valence-corrected chi connectivity index (χ3v) is 4.34. The smallest absolute Gasteiger partial charge is 0.0330 e. The molecule has 3 rings (SSSR count). The van der Waals surface area contributed by atoms with Gasteiger partial charge in [0.15, 0.2) is 0 Å². The van der Waals surface area contributed by atoms with Crippen molar-refractivity contribution >= 4 is 0 Å². The van der Waals surface area contributed by atoms with Crippen molar-refractivity contribution in [3.8, 4) is 0 Å². The average Bonchev–Trinajstić information content (AvgIpc) is 2.49. The third kappa shape index (κ3) is 2.31. The fraction of sp³-hybridized carbons (Fsp3) is 0.333. The molecule has 2 aromatic carbocycles. The van der Waals surface area contributed by atoms with Crippen LogP contribution in [0.15, 0.2) is 60.7 Å². The summed E-state index contributed by atoms with van der Waals surface area (Å²) < 4.78 is 0. The number of hydrogen-bond donors (Lipinski definition) is 0. The molecule has 0 aliphatic carbocycles. The predicted molar refractivity (Wildman–Crippen MR) is 80.4 cm³/mol. The van der Waals surface area contributed by atoms with E-state index in [0.29, 0.717) is 0 Å². The third-order valence-electron chi connectivity index (χ3n) is 4.34. The van der Waals surface area contributed by atoms with Gasteiger partial charge < -0.3 is 4.90 Å². The van der Waals surface area contributed by atoms with Gasteiger partial charge in [0.2, 0.25) is 0 Å². The first-order valence-corrected chi connectivity index (χ1v) is 7.11. The van der Waals surface area contributed by atoms with E-state index in [1.165, 1.54) is 30.5 Å². The van der Waals surface area contributed by atoms with Gasteiger partial charge >= 0.3 is 0 Å². The number of likely N-dealkylation sites (N-methyl/N-ethyl adjacent to an activating group) is 1. The Labute approximate surface area is 115 Å². The Morgan fingerprint density at radius 1 is 0.842 bits per heavy atom. The standard InChI is InChI=1S/C18H21N/c1-19-14-8-13-18(15-19,16-9-4-2-5-10-16)17-11-6-3-7-12-17/h2-7,9-12H,8,13-15H2,1H3. The van der Waals surface area contributed by atoms with E-state index in [-0.39, 0.29) is 5.41 Å². The maximum absolute atomic E-state index is 2.46. The summed E-state index contributed by atoms with van der Waals surface area (Å²) >= 11 is 0. The zero-order valence-corrected chi connectivity index (χ0v) is 11.5. The highest BCUT2D eigenvalue weighted by Gasteiger charge is 2.37. The monoisotopic (exact) mass is 251 g/mol. The van der Waals surface area contributed by atoms with Crippen LogP contribution in [0.25, 0.3) is 0 Å². The van der Waals surface area contributed by atoms with Crippen molar-refractivity contribution in [2.24, 2.45) is 0 Å². The highest BCUT2D eigenvalue weighted by Crippen LogP contribution is 2.39. The molecule has 0 atom stereocenters. The van der Waals surface area contributed by atoms with Gasteiger partial charge in [-0.2, -0.15) is 0 Å². The van der Waals surface area contributed by atoms with Crippen molar-refractivity contribution in [2.45, 2.75) is 18.3 Å². The van der Waals surface area contributed by atoms with E-state index < -0.39 is 0 Å². The van der Waals surface area contributed by atoms with E-state index in [4.69, 9.17) is 0 Å². The molecule has 0 aromatic heterocycles. The lowest BCUT2D eigenvalue weighted by molar-refractivity contribution is 0.202. The second-order valence-electron chi connectivity index (χ2n) is 5.66. The van der Waals surface area contributed by atoms with Crippen LogP contribution in [0.2, 0.25) is 0 Å². The summed E-state index contributed by atoms with van der Waals surface area (Å²) in [6, 6.07) is 22.0. The van der Waals surface area contributed by atoms with Gasteiger partial charge in [0.25, 0.3) is 0 Å². The fourth-order valence-corrected chi connectivity index (χ4v) is 3.42. The SMILES string of the molecule is CN1CCCC(c2ccccc2)(c2ccccc2)C1. The molecule has 0 saturated carbocycles. The van der Waals surface area contributed by atoms with Crippen molar-refractivity contribution in [3.05, 3.63) is 71.8 Å². The summed E-state index contributed by atoms with van der Waals surface area (Å²) in [6.45, 7) is 2.32. The van der Waals surface area contributed by atoms with Crippen LogP contribution in [0.3, 0.4) is 0 Å². The molecule has 1 aliphatic heterocycles. The first-order chi connectivity index (χ1) is 9.31. The molecule has 0 spiro atoms. The molecule has 0 unspecified atom stereocenters. The Kier molecular flexibility index (Phi) is 3.39. The minimum atomic E-state index is 0.162. The fourth-order valence-electron chi connectivity index (χ4n) is 3.42. The van der Waals surface area contributed by atoms with E-state index in [1.54, 1.807) is 0 Å². The van der Waals surface area contributed by atoms with Crippen LogP contribution < -0.4 is 0 Å². The number of rotatable bonds is 2. The van der Waals surface area contributed by atoms with Gasteiger partial charge in [0, 0.05) is 12.0 Å². The normalized spacial score (nSPS) is 19.2. The summed E-state index contributed by atoms with van der Waals surface area (Å²) in [7, 11) is 2.24. The van der Waals surface area contributed by atoms with Crippen molar-refractivity contribution in [1.29, 1.82) is 0 Å². The first kappa shape index (κ1) is 12.4. The molecule has 1 heterocycles. The van der Waals surface area contributed by atoms with Crippen LogP contribution in [-0.4, -0.2) is 25.0 Å². The molecule has 2 aromatic rings. The number of likely N-dealkylation sites (tertiary alicyclic amines) is 1. The molecule has 1 aliphatic rings. The van der Waals surface area contributed by atoms with Gasteiger partial charge in [-0.3, -0.25) is 0 Å². The topological polar surface area (TPSA) is 3.24 Å². The van der Waals surface area contributed by atoms with Gasteiger partial charge in [0.1, 0.15) is 0 Å². The Morgan fingerprint density at radius 2 is 1.37 bits per heavy atom. The molecule has 98 valence electrons. The summed E-state index contributed by atoms with van der Waals surface area (Å²) in [5.74, 6) is 0. The first-order valence-electron chi connectivity index (χ1n) is 7.11. The van der Waals surface area contributed by atoms with Gasteiger partial charge in [-0.05, 0) is 37.6 Å². The molecule has 1 nitrogen and oxygen atoms in total. The van der Waals surface area contributed by atoms with Crippen LogP contribution in [0, 0.1) is 0 Å². The summed E-state index contributed by atoms with van der Waals surface area (Å²) in [5.41, 5.74) is 3.07. The molecular weight excluding hydrogens is 230 g/mol. The number of piperidine rings is 1. The molecule has 0 radical (unpaired) electrons. The summed E-state index contributed by atoms with van der Waals surface area (Å²) in [5, 5.41) is 0. The van der Waals surface area contributed by atoms with Crippen LogP contribution in [0.5, 0.6) is 0 Å². The Bertz CT molecular complexity index is 478. The summed E-state index contributed by atoms with van der Waals surface area (Å²) in [4.78, 5) is 2.46. The molecule has 1 fully saturated rings. The van der Waals surface area contributed by atoms with Crippen LogP contribution in [0.4, 0.5) is 0 Å². The molecule has 1 saturated heterocycles. The minimum Gasteiger partial charge on any atom is -0.305 e. The second kappa shape index (κ2) is 5.18. The van der Waals surface area contributed by atoms with E-state index in [2.05, 4.69) is 72.6 Å². The number of nitrogens with zero attached hydrogens (tertiary/aromatic N) is 1. The molecule has 0 N–H and O–H groups in total. The predicted octanol–water partition coefficient (Wildman–Crippen LogP) is 3.70. The molecule has 1 heteroatoms. The lowest BCUT2D eigenvalue weighted by Gasteiger charge is -2.42. The van der Waals surface area contributed by atoms with Gasteiger partial charge in [-0.1, -0.05) is 60.7 Å². The van der Waals surface area contributed by atoms with E-state index in [1.807, 2.05) is 0 Å². The van der Waals surface area contributed by atoms with Crippen LogP contribution in [-0.2, 0) is 5.41 Å². The Hall–Kier alpha value is -1.60. The molecule has 0 amide bonds. The lowest BCUT2D eigenvalue weighted by Crippen LogP contribution is -2.45. The number of hydrogen-bond acceptors (Lipinski definition) is 1. The van der Waals surface area contributed by atoms with Crippen molar-refractivity contribution in [1.82, 2.24) is 4.90 Å². The van der Waals surface area contributed by atoms with Crippen LogP contribution >= 0.6 is 0 Å². The minimum absolute atomic E-state index is 0.162. The highest BCUT2D eigenvalue weighted by atomic mass is 15.1. The maximum Gasteiger partial charge on any atom is 0.0330 e. The second-order valence-corrected chi connectivity index (χ2v) is 5.66. The van der Waals surface area contributed by atoms with Gasteiger partial charge in [0.05, 0.1) is 0 Å². The Balaban J connectivity index is 2.11.